The van der Waals surface area contributed by atoms with Gasteiger partial charge in [0.1, 0.15) is 0 Å². The predicted molar refractivity (Wildman–Crippen MR) is 198 cm³/mol. The highest BCUT2D eigenvalue weighted by Crippen LogP contribution is 2.51. The Hall–Kier alpha value is -5.54. The molecule has 2 aromatic heterocycles. The Balaban J connectivity index is 1.25. The first-order valence-corrected chi connectivity index (χ1v) is 16.8. The van der Waals surface area contributed by atoms with E-state index in [0.29, 0.717) is 5.92 Å². The lowest BCUT2D eigenvalue weighted by Crippen LogP contribution is -2.41. The topological polar surface area (TPSA) is 13.1 Å². The zero-order valence-corrected chi connectivity index (χ0v) is 26.6. The summed E-state index contributed by atoms with van der Waals surface area (Å²) >= 11 is 0. The van der Waals surface area contributed by atoms with E-state index in [1.54, 1.807) is 0 Å². The molecule has 47 heavy (non-hydrogen) atoms. The number of allylic oxidation sites excluding steroid dienone is 5. The van der Waals surface area contributed by atoms with Crippen LogP contribution in [0.4, 0.5) is 5.69 Å². The van der Waals surface area contributed by atoms with Gasteiger partial charge in [0.05, 0.1) is 28.1 Å². The molecule has 3 aliphatic rings. The van der Waals surface area contributed by atoms with Crippen molar-refractivity contribution in [2.75, 3.05) is 4.90 Å². The fourth-order valence-corrected chi connectivity index (χ4v) is 8.54. The number of rotatable bonds is 3. The summed E-state index contributed by atoms with van der Waals surface area (Å²) in [4.78, 5) is 2.56. The smallest absolute Gasteiger partial charge is 0.0655 e. The molecule has 3 heteroatoms. The van der Waals surface area contributed by atoms with Crippen LogP contribution in [0.1, 0.15) is 25.8 Å². The molecule has 3 heterocycles. The molecule has 0 spiro atoms. The fraction of sp³-hybridized carbons (Fsp3) is 0.136. The Morgan fingerprint density at radius 2 is 1.30 bits per heavy atom. The van der Waals surface area contributed by atoms with E-state index in [9.17, 15) is 0 Å². The molecule has 0 N–H and O–H groups in total. The zero-order valence-electron chi connectivity index (χ0n) is 26.6. The van der Waals surface area contributed by atoms with Crippen molar-refractivity contribution in [3.8, 4) is 11.4 Å². The average Bonchev–Trinajstić information content (AvgIpc) is 3.71. The molecule has 0 bridgehead atoms. The predicted octanol–water partition coefficient (Wildman–Crippen LogP) is 10.9. The Kier molecular flexibility index (Phi) is 5.52. The molecule has 0 amide bonds. The largest absolute Gasteiger partial charge is 0.333 e. The van der Waals surface area contributed by atoms with Gasteiger partial charge in [-0.1, -0.05) is 98.0 Å². The van der Waals surface area contributed by atoms with E-state index < -0.39 is 0 Å². The van der Waals surface area contributed by atoms with Crippen LogP contribution in [0.25, 0.3) is 55.0 Å². The number of fused-ring (bicyclic) bond motifs is 9. The van der Waals surface area contributed by atoms with Crippen LogP contribution in [-0.4, -0.2) is 15.2 Å². The number of hydrogen-bond acceptors (Lipinski definition) is 1. The van der Waals surface area contributed by atoms with Crippen molar-refractivity contribution in [3.63, 3.8) is 0 Å². The summed E-state index contributed by atoms with van der Waals surface area (Å²) in [7, 11) is 0. The first-order chi connectivity index (χ1) is 23.1. The van der Waals surface area contributed by atoms with E-state index in [2.05, 4.69) is 180 Å². The van der Waals surface area contributed by atoms with E-state index in [-0.39, 0.29) is 11.5 Å². The third kappa shape index (κ3) is 3.68. The third-order valence-electron chi connectivity index (χ3n) is 10.9. The molecular formula is C44H35N3. The van der Waals surface area contributed by atoms with E-state index in [1.807, 2.05) is 0 Å². The van der Waals surface area contributed by atoms with Gasteiger partial charge in [0.25, 0.3) is 0 Å². The lowest BCUT2D eigenvalue weighted by Gasteiger charge is -2.35. The summed E-state index contributed by atoms with van der Waals surface area (Å²) in [5, 5.41) is 5.11. The summed E-state index contributed by atoms with van der Waals surface area (Å²) in [6.07, 6.45) is 17.4. The Bertz CT molecular complexity index is 2540. The minimum absolute atomic E-state index is 0.135. The first-order valence-electron chi connectivity index (χ1n) is 16.8. The van der Waals surface area contributed by atoms with Crippen LogP contribution in [0.2, 0.25) is 0 Å². The molecular weight excluding hydrogens is 571 g/mol. The Morgan fingerprint density at radius 1 is 0.617 bits per heavy atom. The van der Waals surface area contributed by atoms with Crippen molar-refractivity contribution in [2.45, 2.75) is 31.7 Å². The van der Waals surface area contributed by atoms with Gasteiger partial charge in [0, 0.05) is 49.7 Å². The zero-order chi connectivity index (χ0) is 31.3. The van der Waals surface area contributed by atoms with Crippen molar-refractivity contribution >= 4 is 49.3 Å². The first kappa shape index (κ1) is 26.7. The molecule has 3 atom stereocenters. The van der Waals surface area contributed by atoms with Crippen LogP contribution < -0.4 is 4.90 Å². The molecule has 0 saturated carbocycles. The lowest BCUT2D eigenvalue weighted by atomic mass is 9.76. The van der Waals surface area contributed by atoms with Gasteiger partial charge in [0.2, 0.25) is 0 Å². The van der Waals surface area contributed by atoms with Crippen LogP contribution in [0.5, 0.6) is 0 Å². The van der Waals surface area contributed by atoms with E-state index in [4.69, 9.17) is 0 Å². The normalized spacial score (nSPS) is 21.7. The molecule has 3 nitrogen and oxygen atoms in total. The molecule has 10 rings (SSSR count). The van der Waals surface area contributed by atoms with Gasteiger partial charge < -0.3 is 14.0 Å². The van der Waals surface area contributed by atoms with Gasteiger partial charge in [-0.3, -0.25) is 0 Å². The standard InChI is InChI=1S/C44H35N3/c1-29-19-21-31(22-20-29)47-40-24-23-32(26-37(40)44(2)25-11-10-18-43(44)47)46-39-17-9-7-15-34(39)36-27-35-33-14-6-8-16-38(33)45(41(35)28-42(36)46)30-12-4-3-5-13-30/h3-19,21-29,43H,20H2,1-2H3. The van der Waals surface area contributed by atoms with Gasteiger partial charge in [-0.05, 0) is 85.5 Å². The van der Waals surface area contributed by atoms with Gasteiger partial charge in [-0.2, -0.15) is 0 Å². The molecule has 0 saturated heterocycles. The Labute approximate surface area is 274 Å². The van der Waals surface area contributed by atoms with Crippen LogP contribution in [0, 0.1) is 5.92 Å². The van der Waals surface area contributed by atoms with Crippen molar-refractivity contribution in [1.29, 1.82) is 0 Å². The Morgan fingerprint density at radius 3 is 2.00 bits per heavy atom. The SMILES string of the molecule is CC1C=CC(N2c3ccc(-n4c5ccccc5c5cc6c7ccccc7n(-c7ccccc7)c6cc54)cc3C3(C)C=CC=CC23)=CC1. The van der Waals surface area contributed by atoms with E-state index in [1.165, 1.54) is 71.9 Å². The lowest BCUT2D eigenvalue weighted by molar-refractivity contribution is 0.542. The van der Waals surface area contributed by atoms with E-state index >= 15 is 0 Å². The van der Waals surface area contributed by atoms with Crippen molar-refractivity contribution < 1.29 is 0 Å². The average molecular weight is 606 g/mol. The minimum Gasteiger partial charge on any atom is -0.333 e. The van der Waals surface area contributed by atoms with Crippen molar-refractivity contribution in [2.24, 2.45) is 5.92 Å². The van der Waals surface area contributed by atoms with Crippen LogP contribution in [0.3, 0.4) is 0 Å². The number of para-hydroxylation sites is 3. The fourth-order valence-electron chi connectivity index (χ4n) is 8.54. The number of hydrogen-bond donors (Lipinski definition) is 0. The van der Waals surface area contributed by atoms with Gasteiger partial charge >= 0.3 is 0 Å². The summed E-state index contributed by atoms with van der Waals surface area (Å²) in [5.74, 6) is 0.582. The number of aromatic nitrogens is 2. The van der Waals surface area contributed by atoms with Crippen LogP contribution >= 0.6 is 0 Å². The maximum absolute atomic E-state index is 2.56. The maximum Gasteiger partial charge on any atom is 0.0655 e. The summed E-state index contributed by atoms with van der Waals surface area (Å²) in [5.41, 5.74) is 11.1. The second kappa shape index (κ2) is 9.73. The monoisotopic (exact) mass is 605 g/mol. The molecule has 3 unspecified atom stereocenters. The highest BCUT2D eigenvalue weighted by molar-refractivity contribution is 6.19. The highest BCUT2D eigenvalue weighted by atomic mass is 15.2. The highest BCUT2D eigenvalue weighted by Gasteiger charge is 2.47. The molecule has 226 valence electrons. The van der Waals surface area contributed by atoms with Gasteiger partial charge in [0.15, 0.2) is 0 Å². The molecule has 1 aliphatic heterocycles. The van der Waals surface area contributed by atoms with Gasteiger partial charge in [-0.25, -0.2) is 0 Å². The van der Waals surface area contributed by atoms with Crippen LogP contribution in [0.15, 0.2) is 157 Å². The van der Waals surface area contributed by atoms with Gasteiger partial charge in [-0.15, -0.1) is 0 Å². The summed E-state index contributed by atoms with van der Waals surface area (Å²) in [6, 6.07) is 40.7. The molecule has 0 fully saturated rings. The number of anilines is 1. The van der Waals surface area contributed by atoms with E-state index in [0.717, 1.165) is 6.42 Å². The summed E-state index contributed by atoms with van der Waals surface area (Å²) < 4.78 is 4.91. The van der Waals surface area contributed by atoms with Crippen LogP contribution in [-0.2, 0) is 5.41 Å². The van der Waals surface area contributed by atoms with Crippen molar-refractivity contribution in [1.82, 2.24) is 9.13 Å². The second-order valence-corrected chi connectivity index (χ2v) is 13.7. The van der Waals surface area contributed by atoms with Crippen molar-refractivity contribution in [3.05, 3.63) is 163 Å². The molecule has 0 radical (unpaired) electrons. The minimum atomic E-state index is -0.135. The third-order valence-corrected chi connectivity index (χ3v) is 10.9. The summed E-state index contributed by atoms with van der Waals surface area (Å²) in [6.45, 7) is 4.70. The quantitative estimate of drug-likeness (QED) is 0.195. The number of nitrogens with zero attached hydrogens (tertiary/aromatic N) is 3. The molecule has 5 aromatic carbocycles. The molecule has 2 aliphatic carbocycles. The molecule has 7 aromatic rings. The maximum atomic E-state index is 2.56. The second-order valence-electron chi connectivity index (χ2n) is 13.7. The number of benzene rings is 5.